The maximum Gasteiger partial charge on any atom is 0.253 e. The molecule has 1 unspecified atom stereocenters. The number of aromatic amines is 1. The molecule has 0 saturated carbocycles. The molecule has 2 rings (SSSR count). The van der Waals surface area contributed by atoms with Crippen molar-refractivity contribution in [3.63, 3.8) is 0 Å². The molecular weight excluding hydrogens is 226 g/mol. The van der Waals surface area contributed by atoms with Crippen molar-refractivity contribution in [2.24, 2.45) is 0 Å². The summed E-state index contributed by atoms with van der Waals surface area (Å²) in [5.74, 6) is -0.0678. The minimum atomic E-state index is -0.0678. The Morgan fingerprint density at radius 1 is 1.33 bits per heavy atom. The second-order valence-electron chi connectivity index (χ2n) is 4.44. The Hall–Kier alpha value is -2.10. The van der Waals surface area contributed by atoms with E-state index in [1.165, 1.54) is 0 Å². The summed E-state index contributed by atoms with van der Waals surface area (Å²) in [5.41, 5.74) is 3.53. The summed E-state index contributed by atoms with van der Waals surface area (Å²) in [4.78, 5) is 19.3. The standard InChI is InChI=1S/C14H17N3O/c1-9-4-5-12(8-16-9)10(2)17-14(18)13-6-7-15-11(13)3/h4-8,10,15H,1-3H3,(H,17,18). The maximum atomic E-state index is 12.0. The number of nitrogens with zero attached hydrogens (tertiary/aromatic N) is 1. The first-order valence-electron chi connectivity index (χ1n) is 5.95. The summed E-state index contributed by atoms with van der Waals surface area (Å²) in [5, 5.41) is 2.96. The van der Waals surface area contributed by atoms with Gasteiger partial charge in [-0.1, -0.05) is 6.07 Å². The van der Waals surface area contributed by atoms with Crippen molar-refractivity contribution in [1.29, 1.82) is 0 Å². The van der Waals surface area contributed by atoms with E-state index in [1.54, 1.807) is 18.5 Å². The monoisotopic (exact) mass is 243 g/mol. The summed E-state index contributed by atoms with van der Waals surface area (Å²) in [6, 6.07) is 5.65. The van der Waals surface area contributed by atoms with Crippen LogP contribution in [-0.4, -0.2) is 15.9 Å². The minimum Gasteiger partial charge on any atom is -0.365 e. The molecule has 0 aliphatic heterocycles. The van der Waals surface area contributed by atoms with E-state index < -0.39 is 0 Å². The van der Waals surface area contributed by atoms with E-state index >= 15 is 0 Å². The van der Waals surface area contributed by atoms with Crippen molar-refractivity contribution in [3.05, 3.63) is 53.1 Å². The Morgan fingerprint density at radius 3 is 2.67 bits per heavy atom. The molecule has 0 saturated heterocycles. The molecular formula is C14H17N3O. The smallest absolute Gasteiger partial charge is 0.253 e. The van der Waals surface area contributed by atoms with Gasteiger partial charge in [0.25, 0.3) is 5.91 Å². The Labute approximate surface area is 106 Å². The lowest BCUT2D eigenvalue weighted by atomic mass is 10.1. The zero-order valence-corrected chi connectivity index (χ0v) is 10.8. The average molecular weight is 243 g/mol. The fraction of sp³-hybridized carbons (Fsp3) is 0.286. The topological polar surface area (TPSA) is 57.8 Å². The van der Waals surface area contributed by atoms with Crippen molar-refractivity contribution >= 4 is 5.91 Å². The summed E-state index contributed by atoms with van der Waals surface area (Å²) < 4.78 is 0. The minimum absolute atomic E-state index is 0.0556. The molecule has 0 fully saturated rings. The number of nitrogens with one attached hydrogen (secondary N) is 2. The maximum absolute atomic E-state index is 12.0. The van der Waals surface area contributed by atoms with Gasteiger partial charge in [-0.25, -0.2) is 0 Å². The van der Waals surface area contributed by atoms with Crippen LogP contribution in [-0.2, 0) is 0 Å². The molecule has 0 radical (unpaired) electrons. The van der Waals surface area contributed by atoms with E-state index in [-0.39, 0.29) is 11.9 Å². The molecule has 2 heterocycles. The lowest BCUT2D eigenvalue weighted by Gasteiger charge is -2.14. The van der Waals surface area contributed by atoms with Gasteiger partial charge in [0.2, 0.25) is 0 Å². The summed E-state index contributed by atoms with van der Waals surface area (Å²) in [6.45, 7) is 5.77. The SMILES string of the molecule is Cc1ccc(C(C)NC(=O)c2cc[nH]c2C)cn1. The van der Waals surface area contributed by atoms with Crippen LogP contribution in [0, 0.1) is 13.8 Å². The van der Waals surface area contributed by atoms with Crippen LogP contribution in [0.5, 0.6) is 0 Å². The Balaban J connectivity index is 2.08. The van der Waals surface area contributed by atoms with Crippen molar-refractivity contribution in [1.82, 2.24) is 15.3 Å². The molecule has 0 aromatic carbocycles. The van der Waals surface area contributed by atoms with Crippen molar-refractivity contribution in [2.45, 2.75) is 26.8 Å². The van der Waals surface area contributed by atoms with Gasteiger partial charge in [-0.3, -0.25) is 9.78 Å². The van der Waals surface area contributed by atoms with E-state index in [2.05, 4.69) is 15.3 Å². The summed E-state index contributed by atoms with van der Waals surface area (Å²) >= 11 is 0. The summed E-state index contributed by atoms with van der Waals surface area (Å²) in [6.07, 6.45) is 3.56. The molecule has 1 atom stereocenters. The van der Waals surface area contributed by atoms with Gasteiger partial charge in [-0.2, -0.15) is 0 Å². The second-order valence-corrected chi connectivity index (χ2v) is 4.44. The van der Waals surface area contributed by atoms with Crippen molar-refractivity contribution < 1.29 is 4.79 Å². The molecule has 4 nitrogen and oxygen atoms in total. The summed E-state index contributed by atoms with van der Waals surface area (Å²) in [7, 11) is 0. The normalized spacial score (nSPS) is 12.2. The number of rotatable bonds is 3. The van der Waals surface area contributed by atoms with E-state index in [0.717, 1.165) is 17.0 Å². The molecule has 0 aliphatic carbocycles. The fourth-order valence-corrected chi connectivity index (χ4v) is 1.79. The van der Waals surface area contributed by atoms with Crippen LogP contribution in [0.2, 0.25) is 0 Å². The largest absolute Gasteiger partial charge is 0.365 e. The highest BCUT2D eigenvalue weighted by Crippen LogP contribution is 2.13. The predicted octanol–water partition coefficient (Wildman–Crippen LogP) is 2.52. The molecule has 0 bridgehead atoms. The van der Waals surface area contributed by atoms with Crippen LogP contribution < -0.4 is 5.32 Å². The second kappa shape index (κ2) is 5.04. The van der Waals surface area contributed by atoms with E-state index in [4.69, 9.17) is 0 Å². The molecule has 94 valence electrons. The predicted molar refractivity (Wildman–Crippen MR) is 70.4 cm³/mol. The number of hydrogen-bond acceptors (Lipinski definition) is 2. The Morgan fingerprint density at radius 2 is 2.11 bits per heavy atom. The number of H-pyrrole nitrogens is 1. The zero-order valence-electron chi connectivity index (χ0n) is 10.8. The number of hydrogen-bond donors (Lipinski definition) is 2. The Kier molecular flexibility index (Phi) is 3.46. The third-order valence-electron chi connectivity index (χ3n) is 2.98. The van der Waals surface area contributed by atoms with Gasteiger partial charge in [0, 0.05) is 23.8 Å². The lowest BCUT2D eigenvalue weighted by Crippen LogP contribution is -2.26. The molecule has 2 aromatic heterocycles. The highest BCUT2D eigenvalue weighted by molar-refractivity contribution is 5.95. The molecule has 2 aromatic rings. The number of carbonyl (C=O) groups is 1. The molecule has 0 spiro atoms. The van der Waals surface area contributed by atoms with Crippen LogP contribution in [0.4, 0.5) is 0 Å². The van der Waals surface area contributed by atoms with Crippen LogP contribution in [0.3, 0.4) is 0 Å². The molecule has 18 heavy (non-hydrogen) atoms. The van der Waals surface area contributed by atoms with Crippen LogP contribution in [0.1, 0.15) is 40.3 Å². The molecule has 1 amide bonds. The number of aromatic nitrogens is 2. The number of aryl methyl sites for hydroxylation is 2. The fourth-order valence-electron chi connectivity index (χ4n) is 1.79. The number of pyridine rings is 1. The number of amides is 1. The van der Waals surface area contributed by atoms with Gasteiger partial charge < -0.3 is 10.3 Å². The third kappa shape index (κ3) is 2.59. The van der Waals surface area contributed by atoms with Gasteiger partial charge in [0.15, 0.2) is 0 Å². The zero-order chi connectivity index (χ0) is 13.1. The lowest BCUT2D eigenvalue weighted by molar-refractivity contribution is 0.0939. The van der Waals surface area contributed by atoms with Gasteiger partial charge in [-0.15, -0.1) is 0 Å². The van der Waals surface area contributed by atoms with Crippen molar-refractivity contribution in [3.8, 4) is 0 Å². The van der Waals surface area contributed by atoms with E-state index in [0.29, 0.717) is 5.56 Å². The van der Waals surface area contributed by atoms with Crippen LogP contribution in [0.15, 0.2) is 30.6 Å². The van der Waals surface area contributed by atoms with Crippen LogP contribution in [0.25, 0.3) is 0 Å². The third-order valence-corrected chi connectivity index (χ3v) is 2.98. The first-order valence-corrected chi connectivity index (χ1v) is 5.95. The van der Waals surface area contributed by atoms with Crippen LogP contribution >= 0.6 is 0 Å². The quantitative estimate of drug-likeness (QED) is 0.870. The van der Waals surface area contributed by atoms with E-state index in [9.17, 15) is 4.79 Å². The van der Waals surface area contributed by atoms with Gasteiger partial charge in [-0.05, 0) is 38.5 Å². The molecule has 4 heteroatoms. The highest BCUT2D eigenvalue weighted by atomic mass is 16.1. The van der Waals surface area contributed by atoms with Gasteiger partial charge in [0.05, 0.1) is 11.6 Å². The number of carbonyl (C=O) groups excluding carboxylic acids is 1. The van der Waals surface area contributed by atoms with Gasteiger partial charge in [0.1, 0.15) is 0 Å². The van der Waals surface area contributed by atoms with Crippen molar-refractivity contribution in [2.75, 3.05) is 0 Å². The average Bonchev–Trinajstić information content (AvgIpc) is 2.76. The first-order chi connectivity index (χ1) is 8.58. The van der Waals surface area contributed by atoms with Gasteiger partial charge >= 0.3 is 0 Å². The molecule has 0 aliphatic rings. The molecule has 2 N–H and O–H groups in total. The first kappa shape index (κ1) is 12.4. The highest BCUT2D eigenvalue weighted by Gasteiger charge is 2.13. The Bertz CT molecular complexity index is 542. The van der Waals surface area contributed by atoms with E-state index in [1.807, 2.05) is 32.9 Å².